The molecule has 0 amide bonds. The smallest absolute Gasteiger partial charge is 0.330 e. The van der Waals surface area contributed by atoms with Gasteiger partial charge >= 0.3 is 5.69 Å². The first kappa shape index (κ1) is 28.1. The summed E-state index contributed by atoms with van der Waals surface area (Å²) in [6.07, 6.45) is -0.789. The van der Waals surface area contributed by atoms with E-state index < -0.39 is 35.3 Å². The molecule has 5 rings (SSSR count). The van der Waals surface area contributed by atoms with Gasteiger partial charge in [-0.25, -0.2) is 4.79 Å². The Kier molecular flexibility index (Phi) is 8.40. The molecule has 0 spiro atoms. The predicted molar refractivity (Wildman–Crippen MR) is 157 cm³/mol. The minimum absolute atomic E-state index is 0.0137. The number of aromatic amines is 1. The second-order valence-corrected chi connectivity index (χ2v) is 10.6. The van der Waals surface area contributed by atoms with Gasteiger partial charge in [0.25, 0.3) is 5.56 Å². The first-order chi connectivity index (χ1) is 19.3. The van der Waals surface area contributed by atoms with Gasteiger partial charge in [0.1, 0.15) is 29.4 Å². The number of nitrogens with zero attached hydrogens (tertiary/aromatic N) is 1. The third kappa shape index (κ3) is 5.44. The summed E-state index contributed by atoms with van der Waals surface area (Å²) in [7, 11) is 3.23. The maximum atomic E-state index is 12.5. The van der Waals surface area contributed by atoms with Gasteiger partial charge in [-0.3, -0.25) is 14.3 Å². The number of aliphatic hydroxyl groups excluding tert-OH is 1. The Morgan fingerprint density at radius 2 is 1.48 bits per heavy atom. The molecule has 1 aliphatic rings. The van der Waals surface area contributed by atoms with Gasteiger partial charge < -0.3 is 24.1 Å². The van der Waals surface area contributed by atoms with Crippen LogP contribution in [-0.2, 0) is 15.1 Å². The van der Waals surface area contributed by atoms with Crippen molar-refractivity contribution in [3.63, 3.8) is 0 Å². The average Bonchev–Trinajstić information content (AvgIpc) is 3.36. The van der Waals surface area contributed by atoms with Crippen molar-refractivity contribution in [3.05, 3.63) is 126 Å². The van der Waals surface area contributed by atoms with Crippen molar-refractivity contribution in [3.8, 4) is 11.5 Å². The van der Waals surface area contributed by atoms with E-state index in [9.17, 15) is 14.7 Å². The number of rotatable bonds is 9. The molecule has 3 aromatic carbocycles. The maximum Gasteiger partial charge on any atom is 0.330 e. The van der Waals surface area contributed by atoms with Gasteiger partial charge in [-0.1, -0.05) is 54.6 Å². The molecule has 1 saturated heterocycles. The van der Waals surface area contributed by atoms with Gasteiger partial charge in [-0.05, 0) is 63.5 Å². The van der Waals surface area contributed by atoms with Crippen LogP contribution < -0.4 is 20.7 Å². The number of H-pyrrole nitrogens is 1. The zero-order valence-electron chi connectivity index (χ0n) is 22.0. The molecule has 1 aromatic heterocycles. The first-order valence-corrected chi connectivity index (χ1v) is 13.8. The zero-order valence-corrected chi connectivity index (χ0v) is 24.1. The largest absolute Gasteiger partial charge is 0.497 e. The molecule has 10 heteroatoms. The summed E-state index contributed by atoms with van der Waals surface area (Å²) in [6, 6.07) is 25.1. The summed E-state index contributed by atoms with van der Waals surface area (Å²) in [5.41, 5.74) is 0.428. The van der Waals surface area contributed by atoms with Crippen LogP contribution in [0.2, 0.25) is 0 Å². The third-order valence-corrected chi connectivity index (χ3v) is 7.84. The van der Waals surface area contributed by atoms with Crippen molar-refractivity contribution < 1.29 is 24.1 Å². The van der Waals surface area contributed by atoms with Gasteiger partial charge in [0.05, 0.1) is 30.5 Å². The quantitative estimate of drug-likeness (QED) is 0.208. The summed E-state index contributed by atoms with van der Waals surface area (Å²) in [6.45, 7) is 0.0137. The number of methoxy groups -OCH3 is 2. The number of aliphatic hydroxyl groups is 1. The fourth-order valence-electron chi connectivity index (χ4n) is 4.99. The van der Waals surface area contributed by atoms with Crippen molar-refractivity contribution in [2.75, 3.05) is 20.8 Å². The molecule has 40 heavy (non-hydrogen) atoms. The lowest BCUT2D eigenvalue weighted by Crippen LogP contribution is -2.38. The number of hydrogen-bond acceptors (Lipinski definition) is 7. The zero-order chi connectivity index (χ0) is 28.3. The lowest BCUT2D eigenvalue weighted by Gasteiger charge is -2.37. The molecule has 0 saturated carbocycles. The van der Waals surface area contributed by atoms with Crippen LogP contribution in [0.1, 0.15) is 29.3 Å². The molecule has 3 atom stereocenters. The number of benzene rings is 3. The van der Waals surface area contributed by atoms with Crippen LogP contribution in [0.4, 0.5) is 0 Å². The van der Waals surface area contributed by atoms with E-state index in [1.54, 1.807) is 14.2 Å². The highest BCUT2D eigenvalue weighted by Crippen LogP contribution is 2.42. The van der Waals surface area contributed by atoms with Crippen LogP contribution in [0.15, 0.2) is 94.6 Å². The highest BCUT2D eigenvalue weighted by molar-refractivity contribution is 14.1. The average molecular weight is 656 g/mol. The summed E-state index contributed by atoms with van der Waals surface area (Å²) >= 11 is 1.86. The first-order valence-electron chi connectivity index (χ1n) is 12.7. The Balaban J connectivity index is 1.54. The topological polar surface area (TPSA) is 112 Å². The van der Waals surface area contributed by atoms with Gasteiger partial charge in [0, 0.05) is 12.6 Å². The van der Waals surface area contributed by atoms with Crippen LogP contribution in [0.3, 0.4) is 0 Å². The van der Waals surface area contributed by atoms with Crippen molar-refractivity contribution in [2.24, 2.45) is 0 Å². The summed E-state index contributed by atoms with van der Waals surface area (Å²) in [4.78, 5) is 26.6. The van der Waals surface area contributed by atoms with Gasteiger partial charge in [0.15, 0.2) is 0 Å². The molecule has 9 nitrogen and oxygen atoms in total. The van der Waals surface area contributed by atoms with Crippen LogP contribution in [0.25, 0.3) is 0 Å². The molecule has 4 aromatic rings. The number of nitrogens with one attached hydrogen (secondary N) is 1. The van der Waals surface area contributed by atoms with E-state index in [0.29, 0.717) is 15.1 Å². The Morgan fingerprint density at radius 3 is 2.02 bits per heavy atom. The Bertz CT molecular complexity index is 1500. The van der Waals surface area contributed by atoms with E-state index in [4.69, 9.17) is 18.9 Å². The van der Waals surface area contributed by atoms with Crippen molar-refractivity contribution in [1.29, 1.82) is 0 Å². The highest BCUT2D eigenvalue weighted by Gasteiger charge is 2.42. The summed E-state index contributed by atoms with van der Waals surface area (Å²) in [5.74, 6) is 1.41. The highest BCUT2D eigenvalue weighted by atomic mass is 127. The maximum absolute atomic E-state index is 12.5. The number of ether oxygens (including phenoxy) is 4. The van der Waals surface area contributed by atoms with E-state index in [-0.39, 0.29) is 13.0 Å². The normalized spacial score (nSPS) is 18.9. The standard InChI is InChI=1S/C30H29IN2O7/c1-37-22-12-8-20(9-13-22)30(19-6-4-3-5-7-19,21-10-14-23(38-2)15-11-21)39-18-26-25(34)16-27(40-26)33-17-24(31)28(35)32-29(33)36/h3-15,17,25-27,34H,16,18H2,1-2H3,(H,32,35,36)/t25-,26+,27+/m0/s1. The summed E-state index contributed by atoms with van der Waals surface area (Å²) in [5, 5.41) is 11.0. The summed E-state index contributed by atoms with van der Waals surface area (Å²) < 4.78 is 25.4. The third-order valence-electron chi connectivity index (χ3n) is 7.08. The molecule has 1 aliphatic heterocycles. The Labute approximate surface area is 244 Å². The number of aromatic nitrogens is 2. The van der Waals surface area contributed by atoms with Crippen LogP contribution >= 0.6 is 22.6 Å². The molecule has 0 aliphatic carbocycles. The molecule has 0 bridgehead atoms. The lowest BCUT2D eigenvalue weighted by atomic mass is 9.80. The molecular weight excluding hydrogens is 627 g/mol. The van der Waals surface area contributed by atoms with Crippen molar-refractivity contribution >= 4 is 22.6 Å². The second kappa shape index (κ2) is 12.0. The number of halogens is 1. The van der Waals surface area contributed by atoms with Crippen LogP contribution in [-0.4, -0.2) is 47.7 Å². The van der Waals surface area contributed by atoms with E-state index in [1.165, 1.54) is 10.8 Å². The molecular formula is C30H29IN2O7. The van der Waals surface area contributed by atoms with E-state index >= 15 is 0 Å². The van der Waals surface area contributed by atoms with E-state index in [1.807, 2.05) is 101 Å². The molecule has 0 unspecified atom stereocenters. The molecule has 2 N–H and O–H groups in total. The fourth-order valence-corrected chi connectivity index (χ4v) is 5.43. The monoisotopic (exact) mass is 656 g/mol. The van der Waals surface area contributed by atoms with E-state index in [2.05, 4.69) is 4.98 Å². The van der Waals surface area contributed by atoms with Gasteiger partial charge in [-0.2, -0.15) is 0 Å². The van der Waals surface area contributed by atoms with Crippen molar-refractivity contribution in [1.82, 2.24) is 9.55 Å². The molecule has 2 heterocycles. The Hall–Kier alpha value is -3.45. The molecule has 0 radical (unpaired) electrons. The van der Waals surface area contributed by atoms with Crippen LogP contribution in [0.5, 0.6) is 11.5 Å². The second-order valence-electron chi connectivity index (χ2n) is 9.39. The minimum atomic E-state index is -1.08. The molecule has 1 fully saturated rings. The van der Waals surface area contributed by atoms with Gasteiger partial charge in [0.2, 0.25) is 0 Å². The minimum Gasteiger partial charge on any atom is -0.497 e. The predicted octanol–water partition coefficient (Wildman–Crippen LogP) is 3.82. The molecule has 208 valence electrons. The van der Waals surface area contributed by atoms with E-state index in [0.717, 1.165) is 16.7 Å². The van der Waals surface area contributed by atoms with Crippen LogP contribution in [0, 0.1) is 3.57 Å². The SMILES string of the molecule is COc1ccc(C(OC[C@H]2O[C@@H](n3cc(I)c(=O)[nH]c3=O)C[C@@H]2O)(c2ccccc2)c2ccc(OC)cc2)cc1. The Morgan fingerprint density at radius 1 is 0.925 bits per heavy atom. The number of hydrogen-bond donors (Lipinski definition) is 2. The fraction of sp³-hybridized carbons (Fsp3) is 0.267. The van der Waals surface area contributed by atoms with Gasteiger partial charge in [-0.15, -0.1) is 0 Å². The lowest BCUT2D eigenvalue weighted by molar-refractivity contribution is -0.0944. The van der Waals surface area contributed by atoms with Crippen molar-refractivity contribution in [2.45, 2.75) is 30.5 Å².